The normalized spacial score (nSPS) is 14.6. The summed E-state index contributed by atoms with van der Waals surface area (Å²) in [5.41, 5.74) is 0.698. The summed E-state index contributed by atoms with van der Waals surface area (Å²) in [7, 11) is 3.50. The second-order valence-corrected chi connectivity index (χ2v) is 4.96. The predicted molar refractivity (Wildman–Crippen MR) is 76.9 cm³/mol. The molecular weight excluding hydrogens is 296 g/mol. The first-order valence-corrected chi connectivity index (χ1v) is 6.71. The number of likely N-dealkylation sites (tertiary alicyclic amines) is 1. The molecule has 2 rings (SSSR count). The molecule has 5 heteroatoms. The zero-order chi connectivity index (χ0) is 13.4. The van der Waals surface area contributed by atoms with Crippen LogP contribution < -0.4 is 5.32 Å². The number of ether oxygens (including phenoxy) is 1. The number of carbonyl (C=O) groups excluding carboxylic acids is 1. The second-order valence-electron chi connectivity index (χ2n) is 4.11. The molecule has 1 aromatic rings. The van der Waals surface area contributed by atoms with Gasteiger partial charge in [-0.2, -0.15) is 0 Å². The van der Waals surface area contributed by atoms with E-state index >= 15 is 0 Å². The first kappa shape index (κ1) is 15.0. The topological polar surface area (TPSA) is 41.6 Å². The van der Waals surface area contributed by atoms with E-state index < -0.39 is 6.09 Å². The minimum absolute atomic E-state index is 0.470. The number of para-hydroxylation sites is 1. The number of hydrogen-bond acceptors (Lipinski definition) is 3. The fraction of sp³-hybridized carbons (Fsp3) is 0.462. The molecule has 1 fully saturated rings. The molecule has 0 atom stereocenters. The predicted octanol–water partition coefficient (Wildman–Crippen LogP) is 3.34. The van der Waals surface area contributed by atoms with Crippen molar-refractivity contribution in [1.29, 1.82) is 0 Å². The number of nitrogens with zero attached hydrogens (tertiary/aromatic N) is 1. The summed E-state index contributed by atoms with van der Waals surface area (Å²) >= 11 is 3.28. The van der Waals surface area contributed by atoms with Gasteiger partial charge >= 0.3 is 6.09 Å². The van der Waals surface area contributed by atoms with Gasteiger partial charge in [-0.15, -0.1) is 0 Å². The number of hydrogen-bond donors (Lipinski definition) is 1. The van der Waals surface area contributed by atoms with Crippen molar-refractivity contribution in [1.82, 2.24) is 4.90 Å². The van der Waals surface area contributed by atoms with Gasteiger partial charge in [-0.3, -0.25) is 5.32 Å². The molecule has 0 bridgehead atoms. The van der Waals surface area contributed by atoms with E-state index in [4.69, 9.17) is 0 Å². The number of benzene rings is 1. The number of rotatable bonds is 1. The van der Waals surface area contributed by atoms with Crippen LogP contribution in [-0.4, -0.2) is 38.2 Å². The first-order valence-electron chi connectivity index (χ1n) is 5.91. The van der Waals surface area contributed by atoms with Crippen LogP contribution in [0.2, 0.25) is 0 Å². The number of amides is 1. The summed E-state index contributed by atoms with van der Waals surface area (Å²) in [5.74, 6) is 0. The lowest BCUT2D eigenvalue weighted by atomic mass is 10.3. The summed E-state index contributed by atoms with van der Waals surface area (Å²) < 4.78 is 5.27. The van der Waals surface area contributed by atoms with Crippen LogP contribution in [0.25, 0.3) is 0 Å². The Bertz CT molecular complexity index is 379. The van der Waals surface area contributed by atoms with Crippen molar-refractivity contribution in [3.63, 3.8) is 0 Å². The van der Waals surface area contributed by atoms with Crippen LogP contribution in [0.15, 0.2) is 28.7 Å². The highest BCUT2D eigenvalue weighted by Gasteiger charge is 2.03. The van der Waals surface area contributed by atoms with Gasteiger partial charge in [0.25, 0.3) is 0 Å². The molecule has 4 nitrogen and oxygen atoms in total. The van der Waals surface area contributed by atoms with Gasteiger partial charge in [0.15, 0.2) is 0 Å². The average molecular weight is 315 g/mol. The zero-order valence-corrected chi connectivity index (χ0v) is 12.4. The summed E-state index contributed by atoms with van der Waals surface area (Å²) in [4.78, 5) is 13.1. The Balaban J connectivity index is 0.000000225. The maximum absolute atomic E-state index is 10.8. The third kappa shape index (κ3) is 5.51. The monoisotopic (exact) mass is 314 g/mol. The quantitative estimate of drug-likeness (QED) is 0.864. The Morgan fingerprint density at radius 3 is 2.39 bits per heavy atom. The third-order valence-electron chi connectivity index (χ3n) is 2.63. The zero-order valence-electron chi connectivity index (χ0n) is 10.8. The van der Waals surface area contributed by atoms with Gasteiger partial charge in [0, 0.05) is 4.47 Å². The lowest BCUT2D eigenvalue weighted by Crippen LogP contribution is -2.11. The first-order chi connectivity index (χ1) is 8.63. The summed E-state index contributed by atoms with van der Waals surface area (Å²) in [5, 5.41) is 2.55. The number of methoxy groups -OCH3 is 1. The van der Waals surface area contributed by atoms with Crippen molar-refractivity contribution in [3.8, 4) is 0 Å². The molecule has 0 saturated carbocycles. The van der Waals surface area contributed by atoms with Crippen molar-refractivity contribution in [2.24, 2.45) is 0 Å². The van der Waals surface area contributed by atoms with Crippen LogP contribution in [0.5, 0.6) is 0 Å². The van der Waals surface area contributed by atoms with E-state index in [1.165, 1.54) is 33.0 Å². The van der Waals surface area contributed by atoms with Gasteiger partial charge in [-0.05, 0) is 61.0 Å². The standard InChI is InChI=1S/C8H8BrNO2.C5H11N/c1-12-8(11)10-7-5-3-2-4-6(7)9;1-6-4-2-3-5-6/h2-5H,1H3,(H,10,11);2-5H2,1H3. The lowest BCUT2D eigenvalue weighted by molar-refractivity contribution is 0.187. The Labute approximate surface area is 116 Å². The van der Waals surface area contributed by atoms with E-state index in [0.29, 0.717) is 5.69 Å². The molecule has 0 aromatic heterocycles. The average Bonchev–Trinajstić information content (AvgIpc) is 2.84. The number of halogens is 1. The number of anilines is 1. The van der Waals surface area contributed by atoms with Crippen molar-refractivity contribution in [3.05, 3.63) is 28.7 Å². The largest absolute Gasteiger partial charge is 0.453 e. The summed E-state index contributed by atoms with van der Waals surface area (Å²) in [6.07, 6.45) is 2.36. The summed E-state index contributed by atoms with van der Waals surface area (Å²) in [6.45, 7) is 2.64. The van der Waals surface area contributed by atoms with Crippen LogP contribution in [0.4, 0.5) is 10.5 Å². The molecule has 1 heterocycles. The smallest absolute Gasteiger partial charge is 0.411 e. The molecular formula is C13H19BrN2O2. The lowest BCUT2D eigenvalue weighted by Gasteiger charge is -2.04. The fourth-order valence-corrected chi connectivity index (χ4v) is 1.98. The Kier molecular flexibility index (Phi) is 6.75. The maximum Gasteiger partial charge on any atom is 0.411 e. The number of nitrogens with one attached hydrogen (secondary N) is 1. The van der Waals surface area contributed by atoms with Crippen LogP contribution in [0.3, 0.4) is 0 Å². The third-order valence-corrected chi connectivity index (χ3v) is 3.32. The molecule has 1 amide bonds. The minimum atomic E-state index is -0.470. The van der Waals surface area contributed by atoms with Gasteiger partial charge in [-0.25, -0.2) is 4.79 Å². The van der Waals surface area contributed by atoms with E-state index in [2.05, 4.69) is 37.9 Å². The molecule has 1 N–H and O–H groups in total. The highest BCUT2D eigenvalue weighted by molar-refractivity contribution is 9.10. The van der Waals surface area contributed by atoms with Gasteiger partial charge in [0.1, 0.15) is 0 Å². The van der Waals surface area contributed by atoms with Crippen molar-refractivity contribution >= 4 is 27.7 Å². The molecule has 0 radical (unpaired) electrons. The van der Waals surface area contributed by atoms with Gasteiger partial charge < -0.3 is 9.64 Å². The van der Waals surface area contributed by atoms with E-state index in [-0.39, 0.29) is 0 Å². The maximum atomic E-state index is 10.8. The van der Waals surface area contributed by atoms with Gasteiger partial charge in [0.2, 0.25) is 0 Å². The molecule has 1 aromatic carbocycles. The molecule has 0 spiro atoms. The Hall–Kier alpha value is -1.07. The van der Waals surface area contributed by atoms with Crippen LogP contribution >= 0.6 is 15.9 Å². The van der Waals surface area contributed by atoms with Crippen molar-refractivity contribution in [2.45, 2.75) is 12.8 Å². The minimum Gasteiger partial charge on any atom is -0.453 e. The molecule has 18 heavy (non-hydrogen) atoms. The van der Waals surface area contributed by atoms with Crippen LogP contribution in [0.1, 0.15) is 12.8 Å². The van der Waals surface area contributed by atoms with Crippen LogP contribution in [0, 0.1) is 0 Å². The molecule has 100 valence electrons. The van der Waals surface area contributed by atoms with Crippen molar-refractivity contribution in [2.75, 3.05) is 32.6 Å². The van der Waals surface area contributed by atoms with Gasteiger partial charge in [-0.1, -0.05) is 12.1 Å². The fourth-order valence-electron chi connectivity index (χ4n) is 1.60. The Morgan fingerprint density at radius 1 is 1.33 bits per heavy atom. The van der Waals surface area contributed by atoms with E-state index in [9.17, 15) is 4.79 Å². The number of carbonyl (C=O) groups is 1. The molecule has 1 saturated heterocycles. The SMILES string of the molecule is CN1CCCC1.COC(=O)Nc1ccccc1Br. The highest BCUT2D eigenvalue weighted by Crippen LogP contribution is 2.20. The molecule has 0 aliphatic carbocycles. The summed E-state index contributed by atoms with van der Waals surface area (Å²) in [6, 6.07) is 7.31. The molecule has 0 unspecified atom stereocenters. The van der Waals surface area contributed by atoms with Crippen LogP contribution in [-0.2, 0) is 4.74 Å². The molecule has 1 aliphatic rings. The van der Waals surface area contributed by atoms with Gasteiger partial charge in [0.05, 0.1) is 12.8 Å². The molecule has 1 aliphatic heterocycles. The van der Waals surface area contributed by atoms with E-state index in [1.54, 1.807) is 6.07 Å². The Morgan fingerprint density at radius 2 is 1.94 bits per heavy atom. The second kappa shape index (κ2) is 8.11. The van der Waals surface area contributed by atoms with Crippen molar-refractivity contribution < 1.29 is 9.53 Å². The van der Waals surface area contributed by atoms with E-state index in [1.807, 2.05) is 18.2 Å². The van der Waals surface area contributed by atoms with E-state index in [0.717, 1.165) is 4.47 Å². The highest BCUT2D eigenvalue weighted by atomic mass is 79.9.